The largest absolute Gasteiger partial charge is 0.456 e. The van der Waals surface area contributed by atoms with Gasteiger partial charge in [0, 0.05) is 0 Å². The third kappa shape index (κ3) is 3.88. The number of ether oxygens (including phenoxy) is 1. The fourth-order valence-corrected chi connectivity index (χ4v) is 1.15. The van der Waals surface area contributed by atoms with E-state index in [0.29, 0.717) is 5.56 Å². The van der Waals surface area contributed by atoms with Gasteiger partial charge < -0.3 is 9.57 Å². The van der Waals surface area contributed by atoms with E-state index in [1.165, 1.54) is 24.3 Å². The van der Waals surface area contributed by atoms with Gasteiger partial charge in [-0.3, -0.25) is 0 Å². The van der Waals surface area contributed by atoms with Gasteiger partial charge in [0.2, 0.25) is 0 Å². The molecule has 0 spiro atoms. The average molecular weight is 237 g/mol. The Kier molecular flexibility index (Phi) is 3.85. The van der Waals surface area contributed by atoms with Gasteiger partial charge in [-0.25, -0.2) is 9.59 Å². The van der Waals surface area contributed by atoms with Gasteiger partial charge in [-0.2, -0.15) is 5.90 Å². The second kappa shape index (κ2) is 4.97. The molecule has 0 saturated carbocycles. The zero-order chi connectivity index (χ0) is 13.1. The number of benzene rings is 1. The minimum atomic E-state index is -0.652. The number of hydrogen-bond donors (Lipinski definition) is 1. The molecule has 1 aromatic rings. The molecule has 0 atom stereocenters. The molecule has 1 aromatic carbocycles. The van der Waals surface area contributed by atoms with E-state index in [1.807, 2.05) is 0 Å². The molecule has 0 fully saturated rings. The van der Waals surface area contributed by atoms with Crippen molar-refractivity contribution in [3.63, 3.8) is 0 Å². The zero-order valence-electron chi connectivity index (χ0n) is 10.0. The highest BCUT2D eigenvalue weighted by atomic mass is 16.7. The van der Waals surface area contributed by atoms with Crippen LogP contribution < -0.4 is 5.90 Å². The van der Waals surface area contributed by atoms with Crippen molar-refractivity contribution >= 4 is 11.9 Å². The first kappa shape index (κ1) is 13.2. The topological polar surface area (TPSA) is 78.6 Å². The molecule has 17 heavy (non-hydrogen) atoms. The number of rotatable bonds is 2. The molecule has 0 bridgehead atoms. The predicted octanol–water partition coefficient (Wildman–Crippen LogP) is 1.67. The maximum absolute atomic E-state index is 11.6. The maximum atomic E-state index is 11.6. The number of hydrogen-bond acceptors (Lipinski definition) is 5. The zero-order valence-corrected chi connectivity index (χ0v) is 10.0. The molecule has 0 aliphatic carbocycles. The molecule has 0 amide bonds. The minimum Gasteiger partial charge on any atom is -0.456 e. The quantitative estimate of drug-likeness (QED) is 0.625. The molecule has 5 nitrogen and oxygen atoms in total. The SMILES string of the molecule is CC(C)(C)OC(=O)c1ccc(C(=O)ON)cc1. The number of esters is 1. The summed E-state index contributed by atoms with van der Waals surface area (Å²) in [5.41, 5.74) is 0.0969. The van der Waals surface area contributed by atoms with E-state index in [2.05, 4.69) is 4.84 Å². The Morgan fingerprint density at radius 1 is 1.00 bits per heavy atom. The second-order valence-corrected chi connectivity index (χ2v) is 4.48. The molecular weight excluding hydrogens is 222 g/mol. The lowest BCUT2D eigenvalue weighted by Crippen LogP contribution is -2.23. The van der Waals surface area contributed by atoms with Crippen molar-refractivity contribution in [2.75, 3.05) is 0 Å². The van der Waals surface area contributed by atoms with E-state index in [4.69, 9.17) is 10.6 Å². The summed E-state index contributed by atoms with van der Waals surface area (Å²) in [4.78, 5) is 26.8. The van der Waals surface area contributed by atoms with Crippen LogP contribution in [0.3, 0.4) is 0 Å². The van der Waals surface area contributed by atoms with Crippen molar-refractivity contribution in [2.24, 2.45) is 5.90 Å². The van der Waals surface area contributed by atoms with Gasteiger partial charge in [-0.05, 0) is 45.0 Å². The van der Waals surface area contributed by atoms with Crippen molar-refractivity contribution in [1.82, 2.24) is 0 Å². The van der Waals surface area contributed by atoms with Crippen LogP contribution in [0.2, 0.25) is 0 Å². The van der Waals surface area contributed by atoms with Crippen LogP contribution in [0.25, 0.3) is 0 Å². The Morgan fingerprint density at radius 3 is 1.76 bits per heavy atom. The first-order valence-electron chi connectivity index (χ1n) is 5.08. The van der Waals surface area contributed by atoms with Gasteiger partial charge >= 0.3 is 11.9 Å². The third-order valence-corrected chi connectivity index (χ3v) is 1.86. The predicted molar refractivity (Wildman–Crippen MR) is 61.2 cm³/mol. The van der Waals surface area contributed by atoms with Crippen molar-refractivity contribution in [2.45, 2.75) is 26.4 Å². The number of carbonyl (C=O) groups excluding carboxylic acids is 2. The van der Waals surface area contributed by atoms with Gasteiger partial charge in [0.05, 0.1) is 11.1 Å². The maximum Gasteiger partial charge on any atom is 0.356 e. The van der Waals surface area contributed by atoms with Gasteiger partial charge in [0.15, 0.2) is 0 Å². The smallest absolute Gasteiger partial charge is 0.356 e. The van der Waals surface area contributed by atoms with Crippen molar-refractivity contribution in [1.29, 1.82) is 0 Å². The van der Waals surface area contributed by atoms with Crippen LogP contribution in [0, 0.1) is 0 Å². The van der Waals surface area contributed by atoms with Crippen LogP contribution in [0.15, 0.2) is 24.3 Å². The average Bonchev–Trinajstić information content (AvgIpc) is 2.26. The highest BCUT2D eigenvalue weighted by Crippen LogP contribution is 2.13. The van der Waals surface area contributed by atoms with Crippen LogP contribution in [0.1, 0.15) is 41.5 Å². The fourth-order valence-electron chi connectivity index (χ4n) is 1.15. The highest BCUT2D eigenvalue weighted by molar-refractivity contribution is 5.93. The monoisotopic (exact) mass is 237 g/mol. The summed E-state index contributed by atoms with van der Waals surface area (Å²) in [5.74, 6) is 3.65. The van der Waals surface area contributed by atoms with Crippen LogP contribution in [-0.4, -0.2) is 17.5 Å². The Bertz CT molecular complexity index is 417. The molecule has 5 heteroatoms. The van der Waals surface area contributed by atoms with Crippen LogP contribution in [-0.2, 0) is 9.57 Å². The summed E-state index contributed by atoms with van der Waals surface area (Å²) < 4.78 is 5.17. The molecule has 2 N–H and O–H groups in total. The van der Waals surface area contributed by atoms with E-state index >= 15 is 0 Å². The van der Waals surface area contributed by atoms with Crippen LogP contribution >= 0.6 is 0 Å². The number of carbonyl (C=O) groups is 2. The van der Waals surface area contributed by atoms with E-state index in [0.717, 1.165) is 0 Å². The van der Waals surface area contributed by atoms with Gasteiger partial charge in [0.1, 0.15) is 5.60 Å². The van der Waals surface area contributed by atoms with Gasteiger partial charge in [0.25, 0.3) is 0 Å². The van der Waals surface area contributed by atoms with Gasteiger partial charge in [-0.1, -0.05) is 0 Å². The highest BCUT2D eigenvalue weighted by Gasteiger charge is 2.18. The lowest BCUT2D eigenvalue weighted by Gasteiger charge is -2.19. The lowest BCUT2D eigenvalue weighted by molar-refractivity contribution is 0.00690. The van der Waals surface area contributed by atoms with Crippen molar-refractivity contribution in [3.8, 4) is 0 Å². The van der Waals surface area contributed by atoms with Crippen molar-refractivity contribution < 1.29 is 19.2 Å². The van der Waals surface area contributed by atoms with Crippen LogP contribution in [0.4, 0.5) is 0 Å². The fraction of sp³-hybridized carbons (Fsp3) is 0.333. The molecule has 1 rings (SSSR count). The summed E-state index contributed by atoms with van der Waals surface area (Å²) in [6.07, 6.45) is 0. The molecule has 0 aliphatic heterocycles. The normalized spacial score (nSPS) is 10.8. The summed E-state index contributed by atoms with van der Waals surface area (Å²) in [5, 5.41) is 0. The summed E-state index contributed by atoms with van der Waals surface area (Å²) >= 11 is 0. The summed E-state index contributed by atoms with van der Waals surface area (Å²) in [7, 11) is 0. The van der Waals surface area contributed by atoms with Crippen molar-refractivity contribution in [3.05, 3.63) is 35.4 Å². The lowest BCUT2D eigenvalue weighted by atomic mass is 10.1. The third-order valence-electron chi connectivity index (χ3n) is 1.86. The van der Waals surface area contributed by atoms with Crippen LogP contribution in [0.5, 0.6) is 0 Å². The molecule has 0 unspecified atom stereocenters. The Hall–Kier alpha value is -1.88. The molecule has 0 heterocycles. The van der Waals surface area contributed by atoms with E-state index in [9.17, 15) is 9.59 Å². The minimum absolute atomic E-state index is 0.278. The standard InChI is InChI=1S/C12H15NO4/c1-12(2,3)16-10(14)8-4-6-9(7-5-8)11(15)17-13/h4-7H,13H2,1-3H3. The molecule has 0 aromatic heterocycles. The number of nitrogens with two attached hydrogens (primary N) is 1. The summed E-state index contributed by atoms with van der Waals surface area (Å²) in [6.45, 7) is 5.35. The van der Waals surface area contributed by atoms with E-state index in [1.54, 1.807) is 20.8 Å². The first-order valence-corrected chi connectivity index (χ1v) is 5.08. The molecular formula is C12H15NO4. The molecule has 92 valence electrons. The molecule has 0 radical (unpaired) electrons. The Labute approximate surface area is 99.5 Å². The molecule has 0 saturated heterocycles. The second-order valence-electron chi connectivity index (χ2n) is 4.48. The first-order chi connectivity index (χ1) is 7.83. The van der Waals surface area contributed by atoms with E-state index < -0.39 is 17.5 Å². The van der Waals surface area contributed by atoms with Gasteiger partial charge in [-0.15, -0.1) is 0 Å². The Morgan fingerprint density at radius 2 is 1.41 bits per heavy atom. The summed E-state index contributed by atoms with van der Waals surface area (Å²) in [6, 6.07) is 5.88. The molecule has 0 aliphatic rings. The van der Waals surface area contributed by atoms with E-state index in [-0.39, 0.29) is 5.56 Å². The Balaban J connectivity index is 2.81.